The quantitative estimate of drug-likeness (QED) is 0.794. The number of hydrogen-bond acceptors (Lipinski definition) is 6. The number of aromatic amines is 1. The number of nitrogens with zero attached hydrogens (tertiary/aromatic N) is 4. The Labute approximate surface area is 120 Å². The van der Waals surface area contributed by atoms with Crippen molar-refractivity contribution in [3.8, 4) is 11.5 Å². The summed E-state index contributed by atoms with van der Waals surface area (Å²) in [5.74, 6) is 1.08. The van der Waals surface area contributed by atoms with Crippen molar-refractivity contribution in [2.75, 3.05) is 7.11 Å². The van der Waals surface area contributed by atoms with E-state index in [1.165, 1.54) is 0 Å². The molecule has 4 rings (SSSR count). The van der Waals surface area contributed by atoms with Gasteiger partial charge < -0.3 is 14.2 Å². The fourth-order valence-corrected chi connectivity index (χ4v) is 2.94. The second kappa shape index (κ2) is 4.63. The van der Waals surface area contributed by atoms with Gasteiger partial charge in [-0.05, 0) is 31.7 Å². The van der Waals surface area contributed by atoms with E-state index >= 15 is 0 Å². The van der Waals surface area contributed by atoms with Gasteiger partial charge in [0.2, 0.25) is 5.82 Å². The number of imidazole rings is 1. The number of nitrogens with one attached hydrogen (secondary N) is 1. The normalized spacial score (nSPS) is 17.6. The minimum absolute atomic E-state index is 0.396. The summed E-state index contributed by atoms with van der Waals surface area (Å²) >= 11 is 0. The van der Waals surface area contributed by atoms with Gasteiger partial charge in [-0.15, -0.1) is 0 Å². The molecule has 0 aliphatic heterocycles. The van der Waals surface area contributed by atoms with E-state index in [-0.39, 0.29) is 0 Å². The molecule has 108 valence electrons. The highest BCUT2D eigenvalue weighted by Crippen LogP contribution is 2.40. The topological polar surface area (TPSA) is 89.7 Å². The fraction of sp³-hybridized carbons (Fsp3) is 0.429. The standard InChI is InChI=1S/C14H15N5O2/c1-20-14(4-2-3-5-14)13-18-12(21-19-13)9-6-10-11(15-7-9)17-8-16-10/h6-8H,2-5H2,1H3,(H,15,16,17). The lowest BCUT2D eigenvalue weighted by Crippen LogP contribution is -2.25. The molecule has 3 aromatic rings. The maximum atomic E-state index is 5.68. The van der Waals surface area contributed by atoms with Gasteiger partial charge in [0.05, 0.1) is 17.4 Å². The van der Waals surface area contributed by atoms with Crippen molar-refractivity contribution in [3.63, 3.8) is 0 Å². The first-order valence-corrected chi connectivity index (χ1v) is 7.00. The monoisotopic (exact) mass is 285 g/mol. The summed E-state index contributed by atoms with van der Waals surface area (Å²) in [6.07, 6.45) is 7.41. The number of H-pyrrole nitrogens is 1. The molecule has 0 unspecified atom stereocenters. The van der Waals surface area contributed by atoms with Crippen molar-refractivity contribution in [3.05, 3.63) is 24.4 Å². The van der Waals surface area contributed by atoms with Crippen molar-refractivity contribution < 1.29 is 9.26 Å². The van der Waals surface area contributed by atoms with Crippen LogP contribution < -0.4 is 0 Å². The number of methoxy groups -OCH3 is 1. The highest BCUT2D eigenvalue weighted by Gasteiger charge is 2.40. The summed E-state index contributed by atoms with van der Waals surface area (Å²) < 4.78 is 11.1. The molecular formula is C14H15N5O2. The number of aromatic nitrogens is 5. The third kappa shape index (κ3) is 1.92. The molecule has 1 aliphatic carbocycles. The molecule has 1 fully saturated rings. The Morgan fingerprint density at radius 2 is 2.14 bits per heavy atom. The summed E-state index contributed by atoms with van der Waals surface area (Å²) in [6, 6.07) is 1.90. The molecule has 0 radical (unpaired) electrons. The Balaban J connectivity index is 1.73. The molecule has 0 amide bonds. The van der Waals surface area contributed by atoms with Crippen LogP contribution in [0.2, 0.25) is 0 Å². The van der Waals surface area contributed by atoms with E-state index in [2.05, 4.69) is 25.1 Å². The van der Waals surface area contributed by atoms with Crippen LogP contribution in [0.3, 0.4) is 0 Å². The molecule has 0 saturated heterocycles. The zero-order valence-electron chi connectivity index (χ0n) is 11.7. The van der Waals surface area contributed by atoms with Crippen LogP contribution in [-0.2, 0) is 10.3 Å². The van der Waals surface area contributed by atoms with E-state index in [1.54, 1.807) is 19.6 Å². The summed E-state index contributed by atoms with van der Waals surface area (Å²) in [5, 5.41) is 4.12. The smallest absolute Gasteiger partial charge is 0.259 e. The van der Waals surface area contributed by atoms with Crippen LogP contribution in [0.1, 0.15) is 31.5 Å². The largest absolute Gasteiger partial charge is 0.370 e. The number of hydrogen-bond donors (Lipinski definition) is 1. The molecule has 21 heavy (non-hydrogen) atoms. The van der Waals surface area contributed by atoms with E-state index in [4.69, 9.17) is 9.26 Å². The van der Waals surface area contributed by atoms with Gasteiger partial charge in [0.25, 0.3) is 5.89 Å². The van der Waals surface area contributed by atoms with Crippen LogP contribution in [0, 0.1) is 0 Å². The summed E-state index contributed by atoms with van der Waals surface area (Å²) in [6.45, 7) is 0. The molecule has 7 heteroatoms. The fourth-order valence-electron chi connectivity index (χ4n) is 2.94. The van der Waals surface area contributed by atoms with E-state index in [1.807, 2.05) is 6.07 Å². The van der Waals surface area contributed by atoms with Crippen LogP contribution >= 0.6 is 0 Å². The van der Waals surface area contributed by atoms with Gasteiger partial charge in [-0.25, -0.2) is 9.97 Å². The van der Waals surface area contributed by atoms with Gasteiger partial charge in [0, 0.05) is 13.3 Å². The van der Waals surface area contributed by atoms with Crippen LogP contribution in [0.15, 0.2) is 23.1 Å². The Morgan fingerprint density at radius 1 is 1.29 bits per heavy atom. The first kappa shape index (κ1) is 12.5. The molecule has 1 aliphatic rings. The predicted molar refractivity (Wildman–Crippen MR) is 74.3 cm³/mol. The Bertz CT molecular complexity index is 772. The summed E-state index contributed by atoms with van der Waals surface area (Å²) in [7, 11) is 1.71. The lowest BCUT2D eigenvalue weighted by molar-refractivity contribution is -0.0178. The summed E-state index contributed by atoms with van der Waals surface area (Å²) in [4.78, 5) is 15.9. The third-order valence-corrected chi connectivity index (χ3v) is 4.16. The lowest BCUT2D eigenvalue weighted by atomic mass is 10.0. The maximum Gasteiger partial charge on any atom is 0.259 e. The van der Waals surface area contributed by atoms with Gasteiger partial charge >= 0.3 is 0 Å². The van der Waals surface area contributed by atoms with E-state index in [0.717, 1.165) is 36.8 Å². The van der Waals surface area contributed by atoms with E-state index < -0.39 is 5.60 Å². The molecule has 7 nitrogen and oxygen atoms in total. The third-order valence-electron chi connectivity index (χ3n) is 4.16. The molecule has 0 bridgehead atoms. The molecule has 3 aromatic heterocycles. The number of ether oxygens (including phenoxy) is 1. The van der Waals surface area contributed by atoms with Crippen molar-refractivity contribution in [2.45, 2.75) is 31.3 Å². The van der Waals surface area contributed by atoms with Crippen molar-refractivity contribution in [1.29, 1.82) is 0 Å². The number of rotatable bonds is 3. The first-order valence-electron chi connectivity index (χ1n) is 7.00. The zero-order chi connectivity index (χ0) is 14.3. The highest BCUT2D eigenvalue weighted by molar-refractivity contribution is 5.75. The van der Waals surface area contributed by atoms with Crippen LogP contribution in [0.25, 0.3) is 22.6 Å². The molecule has 1 saturated carbocycles. The van der Waals surface area contributed by atoms with Gasteiger partial charge in [0.15, 0.2) is 5.65 Å². The maximum absolute atomic E-state index is 5.68. The van der Waals surface area contributed by atoms with Crippen molar-refractivity contribution in [1.82, 2.24) is 25.1 Å². The zero-order valence-corrected chi connectivity index (χ0v) is 11.7. The minimum Gasteiger partial charge on any atom is -0.370 e. The minimum atomic E-state index is -0.396. The average Bonchev–Trinajstić information content (AvgIpc) is 3.25. The molecule has 3 heterocycles. The molecule has 0 spiro atoms. The van der Waals surface area contributed by atoms with E-state index in [0.29, 0.717) is 17.4 Å². The molecule has 1 N–H and O–H groups in total. The average molecular weight is 285 g/mol. The Morgan fingerprint density at radius 3 is 2.95 bits per heavy atom. The second-order valence-electron chi connectivity index (χ2n) is 5.33. The van der Waals surface area contributed by atoms with Gasteiger partial charge in [-0.3, -0.25) is 0 Å². The molecule has 0 atom stereocenters. The van der Waals surface area contributed by atoms with Crippen LogP contribution in [0.4, 0.5) is 0 Å². The number of fused-ring (bicyclic) bond motifs is 1. The summed E-state index contributed by atoms with van der Waals surface area (Å²) in [5.41, 5.74) is 1.89. The van der Waals surface area contributed by atoms with Crippen molar-refractivity contribution >= 4 is 11.2 Å². The number of pyridine rings is 1. The molecular weight excluding hydrogens is 270 g/mol. The van der Waals surface area contributed by atoms with Crippen LogP contribution in [0.5, 0.6) is 0 Å². The van der Waals surface area contributed by atoms with Gasteiger partial charge in [-0.1, -0.05) is 5.16 Å². The van der Waals surface area contributed by atoms with Crippen molar-refractivity contribution in [2.24, 2.45) is 0 Å². The van der Waals surface area contributed by atoms with Crippen LogP contribution in [-0.4, -0.2) is 32.2 Å². The lowest BCUT2D eigenvalue weighted by Gasteiger charge is -2.22. The second-order valence-corrected chi connectivity index (χ2v) is 5.33. The predicted octanol–water partition coefficient (Wildman–Crippen LogP) is 2.42. The molecule has 0 aromatic carbocycles. The SMILES string of the molecule is COC1(c2noc(-c3cnc4nc[nH]c4c3)n2)CCCC1. The van der Waals surface area contributed by atoms with Gasteiger partial charge in [0.1, 0.15) is 5.60 Å². The Hall–Kier alpha value is -2.28. The van der Waals surface area contributed by atoms with Gasteiger partial charge in [-0.2, -0.15) is 4.98 Å². The Kier molecular flexibility index (Phi) is 2.75. The van der Waals surface area contributed by atoms with E-state index in [9.17, 15) is 0 Å². The first-order chi connectivity index (χ1) is 10.3. The highest BCUT2D eigenvalue weighted by atomic mass is 16.5.